The molecule has 0 spiro atoms. The summed E-state index contributed by atoms with van der Waals surface area (Å²) in [7, 11) is 0. The molecule has 2 heterocycles. The number of amides is 1. The first-order chi connectivity index (χ1) is 13.0. The van der Waals surface area contributed by atoms with Gasteiger partial charge in [0.25, 0.3) is 5.69 Å². The quantitative estimate of drug-likeness (QED) is 0.349. The minimum absolute atomic E-state index is 0.00225. The van der Waals surface area contributed by atoms with Crippen molar-refractivity contribution in [1.29, 1.82) is 0 Å². The Hall–Kier alpha value is -3.01. The topological polar surface area (TPSA) is 107 Å². The first-order valence-electron chi connectivity index (χ1n) is 8.41. The number of carbonyl (C=O) groups excluding carboxylic acids is 1. The standard InChI is InChI=1S/C17H18N6O3S/c1-3-21(4-2)16(24)11-27-17-19-18-15-9-8-14(20-22(15)17)12-6-5-7-13(10-12)23(25)26/h5-10H,3-4,11H2,1-2H3. The molecule has 3 aromatic rings. The third-order valence-electron chi connectivity index (χ3n) is 4.03. The second-order valence-electron chi connectivity index (χ2n) is 5.63. The third-order valence-corrected chi connectivity index (χ3v) is 4.93. The highest BCUT2D eigenvalue weighted by molar-refractivity contribution is 7.99. The van der Waals surface area contributed by atoms with Gasteiger partial charge in [-0.1, -0.05) is 23.9 Å². The first kappa shape index (κ1) is 18.8. The Balaban J connectivity index is 1.87. The molecule has 0 aliphatic rings. The summed E-state index contributed by atoms with van der Waals surface area (Å²) in [5, 5.41) is 24.1. The summed E-state index contributed by atoms with van der Waals surface area (Å²) in [5.41, 5.74) is 1.72. The largest absolute Gasteiger partial charge is 0.343 e. The Labute approximate surface area is 159 Å². The van der Waals surface area contributed by atoms with Crippen molar-refractivity contribution in [3.63, 3.8) is 0 Å². The number of benzene rings is 1. The van der Waals surface area contributed by atoms with E-state index in [1.165, 1.54) is 23.9 Å². The number of carbonyl (C=O) groups is 1. The Morgan fingerprint density at radius 2 is 2.00 bits per heavy atom. The number of thioether (sulfide) groups is 1. The molecule has 0 radical (unpaired) electrons. The van der Waals surface area contributed by atoms with Crippen molar-refractivity contribution in [3.05, 3.63) is 46.5 Å². The Bertz CT molecular complexity index is 986. The van der Waals surface area contributed by atoms with Gasteiger partial charge in [0.05, 0.1) is 16.4 Å². The average Bonchev–Trinajstić information content (AvgIpc) is 3.09. The van der Waals surface area contributed by atoms with Crippen LogP contribution in [0.2, 0.25) is 0 Å². The molecule has 0 unspecified atom stereocenters. The number of rotatable bonds is 7. The predicted molar refractivity (Wildman–Crippen MR) is 102 cm³/mol. The fourth-order valence-electron chi connectivity index (χ4n) is 2.59. The molecule has 0 fully saturated rings. The van der Waals surface area contributed by atoms with E-state index in [-0.39, 0.29) is 17.3 Å². The zero-order valence-corrected chi connectivity index (χ0v) is 15.7. The van der Waals surface area contributed by atoms with Crippen molar-refractivity contribution >= 4 is 29.0 Å². The second-order valence-corrected chi connectivity index (χ2v) is 6.58. The zero-order chi connectivity index (χ0) is 19.4. The van der Waals surface area contributed by atoms with E-state index < -0.39 is 4.92 Å². The van der Waals surface area contributed by atoms with E-state index in [4.69, 9.17) is 0 Å². The van der Waals surface area contributed by atoms with E-state index in [1.54, 1.807) is 33.7 Å². The highest BCUT2D eigenvalue weighted by Crippen LogP contribution is 2.24. The van der Waals surface area contributed by atoms with Crippen LogP contribution >= 0.6 is 11.8 Å². The molecule has 0 bridgehead atoms. The van der Waals surface area contributed by atoms with E-state index in [0.717, 1.165) is 0 Å². The van der Waals surface area contributed by atoms with Gasteiger partial charge in [0.15, 0.2) is 5.65 Å². The van der Waals surface area contributed by atoms with Crippen molar-refractivity contribution in [2.24, 2.45) is 0 Å². The van der Waals surface area contributed by atoms with Crippen molar-refractivity contribution < 1.29 is 9.72 Å². The van der Waals surface area contributed by atoms with Crippen molar-refractivity contribution in [1.82, 2.24) is 24.7 Å². The van der Waals surface area contributed by atoms with Gasteiger partial charge in [0, 0.05) is 30.8 Å². The number of hydrogen-bond donors (Lipinski definition) is 0. The smallest absolute Gasteiger partial charge is 0.270 e. The van der Waals surface area contributed by atoms with Gasteiger partial charge in [0.2, 0.25) is 11.1 Å². The van der Waals surface area contributed by atoms with Gasteiger partial charge in [-0.05, 0) is 26.0 Å². The number of fused-ring (bicyclic) bond motifs is 1. The highest BCUT2D eigenvalue weighted by atomic mass is 32.2. The predicted octanol–water partition coefficient (Wildman–Crippen LogP) is 2.66. The average molecular weight is 386 g/mol. The SMILES string of the molecule is CCN(CC)C(=O)CSc1nnc2ccc(-c3cccc([N+](=O)[O-])c3)nn12. The van der Waals surface area contributed by atoms with Crippen LogP contribution in [0.5, 0.6) is 0 Å². The summed E-state index contributed by atoms with van der Waals surface area (Å²) in [6.07, 6.45) is 0. The summed E-state index contributed by atoms with van der Waals surface area (Å²) in [6.45, 7) is 5.19. The van der Waals surface area contributed by atoms with Crippen LogP contribution in [0.1, 0.15) is 13.8 Å². The van der Waals surface area contributed by atoms with Gasteiger partial charge < -0.3 is 4.90 Å². The number of aromatic nitrogens is 4. The Kier molecular flexibility index (Phi) is 5.65. The molecular formula is C17H18N6O3S. The van der Waals surface area contributed by atoms with E-state index in [9.17, 15) is 14.9 Å². The molecule has 27 heavy (non-hydrogen) atoms. The Morgan fingerprint density at radius 3 is 2.70 bits per heavy atom. The van der Waals surface area contributed by atoms with Gasteiger partial charge in [-0.15, -0.1) is 10.2 Å². The molecule has 1 aromatic carbocycles. The van der Waals surface area contributed by atoms with Crippen molar-refractivity contribution in [2.75, 3.05) is 18.8 Å². The molecule has 0 aliphatic carbocycles. The van der Waals surface area contributed by atoms with Crippen LogP contribution in [0.15, 0.2) is 41.6 Å². The van der Waals surface area contributed by atoms with Crippen LogP contribution < -0.4 is 0 Å². The lowest BCUT2D eigenvalue weighted by molar-refractivity contribution is -0.384. The van der Waals surface area contributed by atoms with Crippen molar-refractivity contribution in [3.8, 4) is 11.3 Å². The number of non-ortho nitro benzene ring substituents is 1. The van der Waals surface area contributed by atoms with Gasteiger partial charge in [-0.25, -0.2) is 0 Å². The summed E-state index contributed by atoms with van der Waals surface area (Å²) in [6, 6.07) is 9.74. The van der Waals surface area contributed by atoms with Gasteiger partial charge >= 0.3 is 0 Å². The molecule has 9 nitrogen and oxygen atoms in total. The van der Waals surface area contributed by atoms with Crippen LogP contribution in [-0.2, 0) is 4.79 Å². The van der Waals surface area contributed by atoms with Crippen LogP contribution in [0.25, 0.3) is 16.9 Å². The maximum absolute atomic E-state index is 12.2. The normalized spacial score (nSPS) is 10.9. The lowest BCUT2D eigenvalue weighted by Gasteiger charge is -2.17. The monoisotopic (exact) mass is 386 g/mol. The molecule has 2 aromatic heterocycles. The molecule has 10 heteroatoms. The molecule has 0 aliphatic heterocycles. The lowest BCUT2D eigenvalue weighted by Crippen LogP contribution is -2.31. The van der Waals surface area contributed by atoms with E-state index in [0.29, 0.717) is 35.2 Å². The van der Waals surface area contributed by atoms with Crippen molar-refractivity contribution in [2.45, 2.75) is 19.0 Å². The fraction of sp³-hybridized carbons (Fsp3) is 0.294. The van der Waals surface area contributed by atoms with E-state index >= 15 is 0 Å². The van der Waals surface area contributed by atoms with Gasteiger partial charge in [-0.3, -0.25) is 14.9 Å². The van der Waals surface area contributed by atoms with Crippen LogP contribution in [0.4, 0.5) is 5.69 Å². The maximum atomic E-state index is 12.2. The summed E-state index contributed by atoms with van der Waals surface area (Å²) in [4.78, 5) is 24.5. The van der Waals surface area contributed by atoms with Gasteiger partial charge in [-0.2, -0.15) is 9.61 Å². The molecule has 0 saturated heterocycles. The minimum Gasteiger partial charge on any atom is -0.343 e. The molecule has 0 N–H and O–H groups in total. The number of nitrogens with zero attached hydrogens (tertiary/aromatic N) is 6. The van der Waals surface area contributed by atoms with Gasteiger partial charge in [0.1, 0.15) is 0 Å². The molecule has 1 amide bonds. The summed E-state index contributed by atoms with van der Waals surface area (Å²) in [5.74, 6) is 0.266. The number of nitro groups is 1. The van der Waals surface area contributed by atoms with Crippen LogP contribution in [0.3, 0.4) is 0 Å². The second kappa shape index (κ2) is 8.12. The maximum Gasteiger partial charge on any atom is 0.270 e. The molecule has 3 rings (SSSR count). The molecule has 0 atom stereocenters. The Morgan fingerprint density at radius 1 is 1.22 bits per heavy atom. The van der Waals surface area contributed by atoms with Crippen LogP contribution in [0, 0.1) is 10.1 Å². The third kappa shape index (κ3) is 4.05. The lowest BCUT2D eigenvalue weighted by atomic mass is 10.1. The molecular weight excluding hydrogens is 368 g/mol. The minimum atomic E-state index is -0.444. The molecule has 0 saturated carbocycles. The van der Waals surface area contributed by atoms with Crippen LogP contribution in [-0.4, -0.2) is 54.4 Å². The fourth-order valence-corrected chi connectivity index (χ4v) is 3.38. The highest BCUT2D eigenvalue weighted by Gasteiger charge is 2.15. The number of hydrogen-bond acceptors (Lipinski definition) is 7. The number of nitro benzene ring substituents is 1. The molecule has 140 valence electrons. The summed E-state index contributed by atoms with van der Waals surface area (Å²) < 4.78 is 1.55. The van der Waals surface area contributed by atoms with E-state index in [1.807, 2.05) is 13.8 Å². The first-order valence-corrected chi connectivity index (χ1v) is 9.40. The zero-order valence-electron chi connectivity index (χ0n) is 14.9. The van der Waals surface area contributed by atoms with E-state index in [2.05, 4.69) is 15.3 Å². The summed E-state index contributed by atoms with van der Waals surface area (Å²) >= 11 is 1.26.